The van der Waals surface area contributed by atoms with Crippen LogP contribution < -0.4 is 4.74 Å². The van der Waals surface area contributed by atoms with Gasteiger partial charge in [0.1, 0.15) is 24.4 Å². The number of aliphatic hydroxyl groups is 4. The minimum Gasteiger partial charge on any atom is -0.459 e. The van der Waals surface area contributed by atoms with Gasteiger partial charge in [0, 0.05) is 29.4 Å². The van der Waals surface area contributed by atoms with Gasteiger partial charge < -0.3 is 34.5 Å². The zero-order valence-corrected chi connectivity index (χ0v) is 17.7. The molecule has 1 saturated heterocycles. The Balaban J connectivity index is 1.64. The lowest BCUT2D eigenvalue weighted by Crippen LogP contribution is -2.60. The van der Waals surface area contributed by atoms with E-state index in [0.717, 1.165) is 0 Å². The van der Waals surface area contributed by atoms with E-state index in [1.165, 1.54) is 24.3 Å². The molecule has 170 valence electrons. The van der Waals surface area contributed by atoms with Crippen molar-refractivity contribution in [2.75, 3.05) is 6.61 Å². The van der Waals surface area contributed by atoms with E-state index in [4.69, 9.17) is 32.7 Å². The second-order valence-corrected chi connectivity index (χ2v) is 8.05. The molecule has 4 rings (SSSR count). The van der Waals surface area contributed by atoms with Gasteiger partial charge >= 0.3 is 0 Å². The molecule has 32 heavy (non-hydrogen) atoms. The van der Waals surface area contributed by atoms with Gasteiger partial charge in [-0.05, 0) is 24.3 Å². The van der Waals surface area contributed by atoms with Crippen LogP contribution in [0.25, 0.3) is 16.6 Å². The molecule has 2 aromatic carbocycles. The highest BCUT2D eigenvalue weighted by atomic mass is 35.5. The quantitative estimate of drug-likeness (QED) is 0.317. The number of rotatable bonds is 5. The van der Waals surface area contributed by atoms with E-state index >= 15 is 0 Å². The third-order valence-electron chi connectivity index (χ3n) is 5.23. The summed E-state index contributed by atoms with van der Waals surface area (Å²) in [6.45, 7) is -0.607. The zero-order chi connectivity index (χ0) is 23.2. The SMILES string of the molecule is O=[N+]([O-])c1ccc2c(ccn2-c2cc(Cl)c(O[C@H]3O[C@H](CO)[C@@H](O)[C@H](O)[C@@H]3O)c(Cl)c2)c1. The summed E-state index contributed by atoms with van der Waals surface area (Å²) >= 11 is 12.7. The van der Waals surface area contributed by atoms with Crippen LogP contribution in [0.5, 0.6) is 5.75 Å². The molecule has 1 aromatic heterocycles. The predicted molar refractivity (Wildman–Crippen MR) is 114 cm³/mol. The van der Waals surface area contributed by atoms with Crippen LogP contribution in [0.15, 0.2) is 42.6 Å². The Kier molecular flexibility index (Phi) is 6.28. The molecule has 0 bridgehead atoms. The van der Waals surface area contributed by atoms with Gasteiger partial charge in [-0.15, -0.1) is 0 Å². The highest BCUT2D eigenvalue weighted by Crippen LogP contribution is 2.38. The maximum Gasteiger partial charge on any atom is 0.270 e. The second kappa shape index (κ2) is 8.83. The number of halogens is 2. The van der Waals surface area contributed by atoms with Crippen molar-refractivity contribution < 1.29 is 34.8 Å². The number of aromatic nitrogens is 1. The van der Waals surface area contributed by atoms with Crippen LogP contribution in [0, 0.1) is 10.1 Å². The molecule has 3 aromatic rings. The maximum absolute atomic E-state index is 11.0. The second-order valence-electron chi connectivity index (χ2n) is 7.24. The van der Waals surface area contributed by atoms with Crippen molar-refractivity contribution in [3.63, 3.8) is 0 Å². The van der Waals surface area contributed by atoms with E-state index in [1.54, 1.807) is 22.9 Å². The van der Waals surface area contributed by atoms with Crippen LogP contribution in [0.3, 0.4) is 0 Å². The lowest BCUT2D eigenvalue weighted by molar-refractivity contribution is -0.384. The molecule has 1 fully saturated rings. The van der Waals surface area contributed by atoms with Gasteiger partial charge in [0.15, 0.2) is 5.75 Å². The van der Waals surface area contributed by atoms with Gasteiger partial charge in [0.2, 0.25) is 6.29 Å². The fourth-order valence-corrected chi connectivity index (χ4v) is 4.11. The first-order chi connectivity index (χ1) is 15.2. The van der Waals surface area contributed by atoms with Crippen LogP contribution in [0.4, 0.5) is 5.69 Å². The molecule has 5 atom stereocenters. The number of benzene rings is 2. The molecule has 0 aliphatic carbocycles. The lowest BCUT2D eigenvalue weighted by Gasteiger charge is -2.39. The van der Waals surface area contributed by atoms with Gasteiger partial charge in [-0.25, -0.2) is 0 Å². The predicted octanol–water partition coefficient (Wildman–Crippen LogP) is 2.02. The van der Waals surface area contributed by atoms with E-state index in [1.807, 2.05) is 0 Å². The standard InChI is InChI=1S/C20H18Cl2N2O8/c21-12-6-11(23-4-3-9-5-10(24(29)30)1-2-14(9)23)7-13(22)19(12)32-20-18(28)17(27)16(26)15(8-25)31-20/h1-7,15-18,20,25-28H,8H2/t15-,16-,17+,18+,20-/m1/s1. The Morgan fingerprint density at radius 1 is 1.06 bits per heavy atom. The van der Waals surface area contributed by atoms with Crippen molar-refractivity contribution in [1.29, 1.82) is 0 Å². The summed E-state index contributed by atoms with van der Waals surface area (Å²) in [5, 5.41) is 51.1. The fourth-order valence-electron chi connectivity index (χ4n) is 3.55. The van der Waals surface area contributed by atoms with Crippen LogP contribution >= 0.6 is 23.2 Å². The summed E-state index contributed by atoms with van der Waals surface area (Å²) in [6.07, 6.45) is -5.65. The molecule has 2 heterocycles. The summed E-state index contributed by atoms with van der Waals surface area (Å²) in [4.78, 5) is 10.5. The Hall–Kier alpha value is -2.44. The average molecular weight is 485 g/mol. The van der Waals surface area contributed by atoms with Crippen LogP contribution in [-0.4, -0.2) is 67.2 Å². The number of fused-ring (bicyclic) bond motifs is 1. The van der Waals surface area contributed by atoms with Crippen molar-refractivity contribution in [2.45, 2.75) is 30.7 Å². The molecule has 1 aliphatic heterocycles. The minimum absolute atomic E-state index is 0.0328. The molecule has 0 unspecified atom stereocenters. The van der Waals surface area contributed by atoms with E-state index in [-0.39, 0.29) is 21.5 Å². The molecular formula is C20H18Cl2N2O8. The summed E-state index contributed by atoms with van der Waals surface area (Å²) in [7, 11) is 0. The van der Waals surface area contributed by atoms with E-state index in [0.29, 0.717) is 16.6 Å². The minimum atomic E-state index is -1.62. The van der Waals surface area contributed by atoms with Gasteiger partial charge in [-0.1, -0.05) is 23.2 Å². The summed E-state index contributed by atoms with van der Waals surface area (Å²) in [6, 6.07) is 9.22. The summed E-state index contributed by atoms with van der Waals surface area (Å²) in [5.41, 5.74) is 1.20. The van der Waals surface area contributed by atoms with E-state index < -0.39 is 42.2 Å². The highest BCUT2D eigenvalue weighted by Gasteiger charge is 2.45. The Morgan fingerprint density at radius 2 is 1.75 bits per heavy atom. The molecule has 0 radical (unpaired) electrons. The van der Waals surface area contributed by atoms with Gasteiger partial charge in [0.25, 0.3) is 5.69 Å². The lowest BCUT2D eigenvalue weighted by atomic mass is 9.99. The third kappa shape index (κ3) is 4.02. The first-order valence-electron chi connectivity index (χ1n) is 9.43. The number of hydrogen-bond acceptors (Lipinski definition) is 8. The molecule has 0 saturated carbocycles. The van der Waals surface area contributed by atoms with Gasteiger partial charge in [0.05, 0.1) is 27.1 Å². The molecule has 1 aliphatic rings. The summed E-state index contributed by atoms with van der Waals surface area (Å²) in [5.74, 6) is -0.0338. The Labute approximate surface area is 190 Å². The van der Waals surface area contributed by atoms with Crippen molar-refractivity contribution in [3.8, 4) is 11.4 Å². The first kappa shape index (κ1) is 22.7. The highest BCUT2D eigenvalue weighted by molar-refractivity contribution is 6.37. The van der Waals surface area contributed by atoms with Crippen LogP contribution in [0.1, 0.15) is 0 Å². The van der Waals surface area contributed by atoms with E-state index in [2.05, 4.69) is 0 Å². The van der Waals surface area contributed by atoms with Crippen LogP contribution in [-0.2, 0) is 4.74 Å². The third-order valence-corrected chi connectivity index (χ3v) is 5.79. The molecule has 0 amide bonds. The Bertz CT molecular complexity index is 1140. The smallest absolute Gasteiger partial charge is 0.270 e. The maximum atomic E-state index is 11.0. The molecule has 0 spiro atoms. The van der Waals surface area contributed by atoms with Crippen molar-refractivity contribution in [3.05, 3.63) is 62.8 Å². The molecule has 4 N–H and O–H groups in total. The topological polar surface area (TPSA) is 147 Å². The number of nitro benzene ring substituents is 1. The summed E-state index contributed by atoms with van der Waals surface area (Å²) < 4.78 is 12.6. The monoisotopic (exact) mass is 484 g/mol. The largest absolute Gasteiger partial charge is 0.459 e. The first-order valence-corrected chi connectivity index (χ1v) is 10.2. The molecule has 10 nitrogen and oxygen atoms in total. The molecule has 12 heteroatoms. The number of non-ortho nitro benzene ring substituents is 1. The van der Waals surface area contributed by atoms with E-state index in [9.17, 15) is 30.5 Å². The van der Waals surface area contributed by atoms with Gasteiger partial charge in [-0.3, -0.25) is 10.1 Å². The Morgan fingerprint density at radius 3 is 2.38 bits per heavy atom. The number of ether oxygens (including phenoxy) is 2. The number of nitrogens with zero attached hydrogens (tertiary/aromatic N) is 2. The number of hydrogen-bond donors (Lipinski definition) is 4. The average Bonchev–Trinajstić information content (AvgIpc) is 3.19. The van der Waals surface area contributed by atoms with Crippen molar-refractivity contribution >= 4 is 39.8 Å². The van der Waals surface area contributed by atoms with Crippen molar-refractivity contribution in [2.24, 2.45) is 0 Å². The number of nitro groups is 1. The molecular weight excluding hydrogens is 467 g/mol. The normalized spacial score (nSPS) is 25.8. The zero-order valence-electron chi connectivity index (χ0n) is 16.2. The van der Waals surface area contributed by atoms with Crippen LogP contribution in [0.2, 0.25) is 10.0 Å². The van der Waals surface area contributed by atoms with Crippen molar-refractivity contribution in [1.82, 2.24) is 4.57 Å². The van der Waals surface area contributed by atoms with Gasteiger partial charge in [-0.2, -0.15) is 0 Å². The number of aliphatic hydroxyl groups excluding tert-OH is 4. The fraction of sp³-hybridized carbons (Fsp3) is 0.300.